The van der Waals surface area contributed by atoms with Crippen molar-refractivity contribution in [2.75, 3.05) is 19.5 Å². The topological polar surface area (TPSA) is 59.6 Å². The summed E-state index contributed by atoms with van der Waals surface area (Å²) in [6, 6.07) is 12.9. The van der Waals surface area contributed by atoms with E-state index in [1.807, 2.05) is 49.4 Å². The summed E-state index contributed by atoms with van der Waals surface area (Å²) in [4.78, 5) is 12.2. The molecule has 1 atom stereocenters. The molecule has 0 aromatic heterocycles. The Balaban J connectivity index is 1.91. The van der Waals surface area contributed by atoms with E-state index in [2.05, 4.69) is 26.6 Å². The average molecular weight is 393 g/mol. The number of amides is 1. The van der Waals surface area contributed by atoms with E-state index in [-0.39, 0.29) is 11.9 Å². The molecule has 0 heterocycles. The Labute approximate surface area is 150 Å². The van der Waals surface area contributed by atoms with Gasteiger partial charge in [-0.2, -0.15) is 0 Å². The molecule has 2 rings (SSSR count). The molecular formula is C18H21BrN2O3. The SMILES string of the molecule is COc1ccc(CNC(=O)[C@H](C)Nc2ccc(Br)cc2)cc1OC. The number of carbonyl (C=O) groups excluding carboxylic acids is 1. The van der Waals surface area contributed by atoms with Gasteiger partial charge in [-0.15, -0.1) is 0 Å². The van der Waals surface area contributed by atoms with Gasteiger partial charge in [0.2, 0.25) is 5.91 Å². The highest BCUT2D eigenvalue weighted by molar-refractivity contribution is 9.10. The Kier molecular flexibility index (Phi) is 6.49. The van der Waals surface area contributed by atoms with Crippen LogP contribution >= 0.6 is 15.9 Å². The minimum Gasteiger partial charge on any atom is -0.493 e. The first-order chi connectivity index (χ1) is 11.5. The summed E-state index contributed by atoms with van der Waals surface area (Å²) >= 11 is 3.39. The molecule has 0 radical (unpaired) electrons. The van der Waals surface area contributed by atoms with Crippen molar-refractivity contribution in [2.24, 2.45) is 0 Å². The molecule has 2 N–H and O–H groups in total. The monoisotopic (exact) mass is 392 g/mol. The van der Waals surface area contributed by atoms with Crippen LogP contribution < -0.4 is 20.1 Å². The van der Waals surface area contributed by atoms with Gasteiger partial charge in [-0.05, 0) is 48.9 Å². The summed E-state index contributed by atoms with van der Waals surface area (Å²) in [5.74, 6) is 1.23. The zero-order chi connectivity index (χ0) is 17.5. The largest absolute Gasteiger partial charge is 0.493 e. The standard InChI is InChI=1S/C18H21BrN2O3/c1-12(21-15-7-5-14(19)6-8-15)18(22)20-11-13-4-9-16(23-2)17(10-13)24-3/h4-10,12,21H,11H2,1-3H3,(H,20,22)/t12-/m0/s1. The average Bonchev–Trinajstić information content (AvgIpc) is 2.61. The second-order valence-corrected chi connectivity index (χ2v) is 6.20. The van der Waals surface area contributed by atoms with E-state index in [1.54, 1.807) is 14.2 Å². The quantitative estimate of drug-likeness (QED) is 0.755. The van der Waals surface area contributed by atoms with Crippen molar-refractivity contribution in [2.45, 2.75) is 19.5 Å². The molecule has 2 aromatic carbocycles. The van der Waals surface area contributed by atoms with Crippen LogP contribution in [0.25, 0.3) is 0 Å². The molecule has 0 bridgehead atoms. The molecule has 0 unspecified atom stereocenters. The third-order valence-electron chi connectivity index (χ3n) is 3.54. The van der Waals surface area contributed by atoms with E-state index in [0.717, 1.165) is 15.7 Å². The molecule has 0 fully saturated rings. The van der Waals surface area contributed by atoms with Crippen LogP contribution in [0.5, 0.6) is 11.5 Å². The lowest BCUT2D eigenvalue weighted by molar-refractivity contribution is -0.121. The Bertz CT molecular complexity index is 689. The Morgan fingerprint density at radius 2 is 1.75 bits per heavy atom. The van der Waals surface area contributed by atoms with E-state index < -0.39 is 0 Å². The Morgan fingerprint density at radius 3 is 2.38 bits per heavy atom. The summed E-state index contributed by atoms with van der Waals surface area (Å²) in [6.07, 6.45) is 0. The molecule has 1 amide bonds. The van der Waals surface area contributed by atoms with Gasteiger partial charge in [-0.3, -0.25) is 4.79 Å². The summed E-state index contributed by atoms with van der Waals surface area (Å²) in [7, 11) is 3.18. The number of carbonyl (C=O) groups is 1. The fraction of sp³-hybridized carbons (Fsp3) is 0.278. The first-order valence-corrected chi connectivity index (χ1v) is 8.33. The molecular weight excluding hydrogens is 372 g/mol. The molecule has 2 aromatic rings. The maximum absolute atomic E-state index is 12.2. The zero-order valence-electron chi connectivity index (χ0n) is 13.9. The number of methoxy groups -OCH3 is 2. The highest BCUT2D eigenvalue weighted by Crippen LogP contribution is 2.27. The van der Waals surface area contributed by atoms with Crippen molar-refractivity contribution in [3.8, 4) is 11.5 Å². The molecule has 5 nitrogen and oxygen atoms in total. The number of benzene rings is 2. The number of hydrogen-bond donors (Lipinski definition) is 2. The van der Waals surface area contributed by atoms with Gasteiger partial charge in [0.25, 0.3) is 0 Å². The number of hydrogen-bond acceptors (Lipinski definition) is 4. The van der Waals surface area contributed by atoms with Gasteiger partial charge < -0.3 is 20.1 Å². The molecule has 6 heteroatoms. The van der Waals surface area contributed by atoms with Gasteiger partial charge in [0.1, 0.15) is 6.04 Å². The summed E-state index contributed by atoms with van der Waals surface area (Å²) in [5, 5.41) is 6.08. The number of halogens is 1. The van der Waals surface area contributed by atoms with Crippen LogP contribution in [-0.4, -0.2) is 26.2 Å². The molecule has 128 valence electrons. The lowest BCUT2D eigenvalue weighted by Gasteiger charge is -2.16. The fourth-order valence-electron chi connectivity index (χ4n) is 2.19. The summed E-state index contributed by atoms with van der Waals surface area (Å²) in [5.41, 5.74) is 1.84. The number of anilines is 1. The van der Waals surface area contributed by atoms with Crippen molar-refractivity contribution in [3.63, 3.8) is 0 Å². The number of nitrogens with one attached hydrogen (secondary N) is 2. The predicted octanol–water partition coefficient (Wildman–Crippen LogP) is 3.58. The summed E-state index contributed by atoms with van der Waals surface area (Å²) in [6.45, 7) is 2.25. The Morgan fingerprint density at radius 1 is 1.08 bits per heavy atom. The minimum absolute atomic E-state index is 0.0762. The van der Waals surface area contributed by atoms with Gasteiger partial charge in [0, 0.05) is 16.7 Å². The fourth-order valence-corrected chi connectivity index (χ4v) is 2.46. The lowest BCUT2D eigenvalue weighted by atomic mass is 10.2. The Hall–Kier alpha value is -2.21. The molecule has 0 saturated heterocycles. The second-order valence-electron chi connectivity index (χ2n) is 5.28. The minimum atomic E-state index is -0.341. The molecule has 0 saturated carbocycles. The lowest BCUT2D eigenvalue weighted by Crippen LogP contribution is -2.37. The van der Waals surface area contributed by atoms with Crippen LogP contribution in [0.1, 0.15) is 12.5 Å². The van der Waals surface area contributed by atoms with Gasteiger partial charge in [-0.1, -0.05) is 22.0 Å². The van der Waals surface area contributed by atoms with Crippen molar-refractivity contribution >= 4 is 27.5 Å². The van der Waals surface area contributed by atoms with Gasteiger partial charge in [-0.25, -0.2) is 0 Å². The third kappa shape index (κ3) is 4.89. The van der Waals surface area contributed by atoms with Crippen molar-refractivity contribution in [1.82, 2.24) is 5.32 Å². The van der Waals surface area contributed by atoms with Crippen LogP contribution in [-0.2, 0) is 11.3 Å². The molecule has 0 aliphatic carbocycles. The predicted molar refractivity (Wildman–Crippen MR) is 98.6 cm³/mol. The van der Waals surface area contributed by atoms with Gasteiger partial charge in [0.15, 0.2) is 11.5 Å². The van der Waals surface area contributed by atoms with E-state index in [1.165, 1.54) is 0 Å². The van der Waals surface area contributed by atoms with E-state index in [0.29, 0.717) is 18.0 Å². The van der Waals surface area contributed by atoms with E-state index in [9.17, 15) is 4.79 Å². The van der Waals surface area contributed by atoms with Crippen LogP contribution in [0.4, 0.5) is 5.69 Å². The highest BCUT2D eigenvalue weighted by atomic mass is 79.9. The van der Waals surface area contributed by atoms with Crippen LogP contribution in [0, 0.1) is 0 Å². The number of rotatable bonds is 7. The molecule has 0 aliphatic rings. The van der Waals surface area contributed by atoms with Crippen molar-refractivity contribution < 1.29 is 14.3 Å². The van der Waals surface area contributed by atoms with E-state index in [4.69, 9.17) is 9.47 Å². The molecule has 0 spiro atoms. The van der Waals surface area contributed by atoms with Crippen LogP contribution in [0.15, 0.2) is 46.9 Å². The second kappa shape index (κ2) is 8.59. The van der Waals surface area contributed by atoms with Gasteiger partial charge in [0.05, 0.1) is 14.2 Å². The highest BCUT2D eigenvalue weighted by Gasteiger charge is 2.13. The molecule has 24 heavy (non-hydrogen) atoms. The zero-order valence-corrected chi connectivity index (χ0v) is 15.5. The van der Waals surface area contributed by atoms with E-state index >= 15 is 0 Å². The maximum atomic E-state index is 12.2. The third-order valence-corrected chi connectivity index (χ3v) is 4.06. The maximum Gasteiger partial charge on any atom is 0.242 e. The normalized spacial score (nSPS) is 11.5. The van der Waals surface area contributed by atoms with Crippen LogP contribution in [0.2, 0.25) is 0 Å². The first-order valence-electron chi connectivity index (χ1n) is 7.54. The number of ether oxygens (including phenoxy) is 2. The summed E-state index contributed by atoms with van der Waals surface area (Å²) < 4.78 is 11.5. The van der Waals surface area contributed by atoms with Crippen molar-refractivity contribution in [1.29, 1.82) is 0 Å². The molecule has 0 aliphatic heterocycles. The van der Waals surface area contributed by atoms with Crippen molar-refractivity contribution in [3.05, 3.63) is 52.5 Å². The van der Waals surface area contributed by atoms with Gasteiger partial charge >= 0.3 is 0 Å². The smallest absolute Gasteiger partial charge is 0.242 e. The van der Waals surface area contributed by atoms with Crippen LogP contribution in [0.3, 0.4) is 0 Å². The first kappa shape index (κ1) is 18.1.